The first-order valence-electron chi connectivity index (χ1n) is 9.80. The number of carbonyl (C=O) groups is 1. The first kappa shape index (κ1) is 19.3. The zero-order valence-electron chi connectivity index (χ0n) is 16.5. The van der Waals surface area contributed by atoms with Gasteiger partial charge in [-0.1, -0.05) is 20.8 Å². The number of fused-ring (bicyclic) bond motifs is 1. The molecule has 1 fully saturated rings. The molecule has 2 N–H and O–H groups in total. The van der Waals surface area contributed by atoms with Crippen molar-refractivity contribution in [3.8, 4) is 0 Å². The van der Waals surface area contributed by atoms with Crippen molar-refractivity contribution < 1.29 is 4.79 Å². The molecule has 27 heavy (non-hydrogen) atoms. The van der Waals surface area contributed by atoms with E-state index in [0.717, 1.165) is 25.7 Å². The van der Waals surface area contributed by atoms with Gasteiger partial charge in [0.15, 0.2) is 5.65 Å². The van der Waals surface area contributed by atoms with Gasteiger partial charge in [0.1, 0.15) is 0 Å². The van der Waals surface area contributed by atoms with Crippen LogP contribution >= 0.6 is 0 Å². The maximum Gasteiger partial charge on any atom is 0.329 e. The normalized spacial score (nSPS) is 20.2. The molecule has 0 atom stereocenters. The maximum absolute atomic E-state index is 13.0. The Morgan fingerprint density at radius 3 is 2.56 bits per heavy atom. The Hall–Kier alpha value is -2.44. The van der Waals surface area contributed by atoms with Crippen molar-refractivity contribution in [1.82, 2.24) is 19.9 Å². The van der Waals surface area contributed by atoms with Gasteiger partial charge in [-0.2, -0.15) is 0 Å². The number of aromatic amines is 1. The molecule has 1 aliphatic rings. The quantitative estimate of drug-likeness (QED) is 0.862. The van der Waals surface area contributed by atoms with E-state index >= 15 is 0 Å². The average Bonchev–Trinajstić information content (AvgIpc) is 2.62. The Morgan fingerprint density at radius 2 is 1.96 bits per heavy atom. The molecule has 1 saturated carbocycles. The highest BCUT2D eigenvalue weighted by Crippen LogP contribution is 2.25. The minimum Gasteiger partial charge on any atom is -0.349 e. The highest BCUT2D eigenvalue weighted by molar-refractivity contribution is 6.05. The monoisotopic (exact) mass is 372 g/mol. The molecule has 0 radical (unpaired) electrons. The molecular formula is C20H28N4O3. The summed E-state index contributed by atoms with van der Waals surface area (Å²) in [5.74, 6) is 0.487. The third kappa shape index (κ3) is 3.82. The Kier molecular flexibility index (Phi) is 5.48. The summed E-state index contributed by atoms with van der Waals surface area (Å²) in [6.07, 6.45) is 4.08. The molecular weight excluding hydrogens is 344 g/mol. The van der Waals surface area contributed by atoms with Crippen LogP contribution in [0.5, 0.6) is 0 Å². The smallest absolute Gasteiger partial charge is 0.329 e. The predicted molar refractivity (Wildman–Crippen MR) is 105 cm³/mol. The number of H-pyrrole nitrogens is 1. The van der Waals surface area contributed by atoms with Crippen molar-refractivity contribution in [1.29, 1.82) is 0 Å². The van der Waals surface area contributed by atoms with Crippen LogP contribution in [0.25, 0.3) is 11.0 Å². The standard InChI is InChI=1S/C20H28N4O3/c1-5-24-17-16(19(26)23-20(24)27)14(10-15(22-17)11(2)3)18(25)21-13-8-6-12(4)7-9-13/h10-13H,5-9H2,1-4H3,(H,21,25)(H,23,26,27). The molecule has 0 aliphatic heterocycles. The average molecular weight is 372 g/mol. The van der Waals surface area contributed by atoms with E-state index in [1.807, 2.05) is 20.8 Å². The minimum atomic E-state index is -0.565. The van der Waals surface area contributed by atoms with E-state index in [1.54, 1.807) is 6.07 Å². The largest absolute Gasteiger partial charge is 0.349 e. The van der Waals surface area contributed by atoms with E-state index in [2.05, 4.69) is 22.2 Å². The van der Waals surface area contributed by atoms with Gasteiger partial charge in [0.2, 0.25) is 0 Å². The fraction of sp³-hybridized carbons (Fsp3) is 0.600. The Labute approximate surface area is 158 Å². The number of rotatable bonds is 4. The summed E-state index contributed by atoms with van der Waals surface area (Å²) in [6, 6.07) is 1.81. The topological polar surface area (TPSA) is 96.9 Å². The number of aryl methyl sites for hydroxylation is 1. The summed E-state index contributed by atoms with van der Waals surface area (Å²) >= 11 is 0. The number of nitrogens with zero attached hydrogens (tertiary/aromatic N) is 2. The fourth-order valence-corrected chi connectivity index (χ4v) is 3.73. The SMILES string of the molecule is CCn1c(=O)[nH]c(=O)c2c(C(=O)NC3CCC(C)CC3)cc(C(C)C)nc21. The summed E-state index contributed by atoms with van der Waals surface area (Å²) in [5.41, 5.74) is 0.198. The molecule has 2 aromatic rings. The third-order valence-electron chi connectivity index (χ3n) is 5.47. The summed E-state index contributed by atoms with van der Waals surface area (Å²) < 4.78 is 1.40. The lowest BCUT2D eigenvalue weighted by Gasteiger charge is -2.27. The zero-order chi connectivity index (χ0) is 19.7. The van der Waals surface area contributed by atoms with Gasteiger partial charge in [-0.25, -0.2) is 9.78 Å². The van der Waals surface area contributed by atoms with Gasteiger partial charge < -0.3 is 5.32 Å². The number of pyridine rings is 1. The van der Waals surface area contributed by atoms with Crippen molar-refractivity contribution >= 4 is 16.9 Å². The van der Waals surface area contributed by atoms with Gasteiger partial charge >= 0.3 is 5.69 Å². The number of hydrogen-bond acceptors (Lipinski definition) is 4. The molecule has 1 amide bonds. The maximum atomic E-state index is 13.0. The van der Waals surface area contributed by atoms with Crippen molar-refractivity contribution in [2.45, 2.75) is 71.9 Å². The van der Waals surface area contributed by atoms with E-state index in [0.29, 0.717) is 23.7 Å². The van der Waals surface area contributed by atoms with Crippen LogP contribution in [0.15, 0.2) is 15.7 Å². The lowest BCUT2D eigenvalue weighted by Crippen LogP contribution is -2.38. The summed E-state index contributed by atoms with van der Waals surface area (Å²) in [6.45, 7) is 8.35. The summed E-state index contributed by atoms with van der Waals surface area (Å²) in [7, 11) is 0. The zero-order valence-corrected chi connectivity index (χ0v) is 16.5. The molecule has 146 valence electrons. The number of amides is 1. The molecule has 2 heterocycles. The van der Waals surface area contributed by atoms with Crippen molar-refractivity contribution in [3.63, 3.8) is 0 Å². The second kappa shape index (κ2) is 7.66. The highest BCUT2D eigenvalue weighted by Gasteiger charge is 2.24. The Balaban J connectivity index is 2.11. The van der Waals surface area contributed by atoms with Crippen LogP contribution in [-0.4, -0.2) is 26.5 Å². The van der Waals surface area contributed by atoms with Gasteiger partial charge in [0, 0.05) is 18.3 Å². The third-order valence-corrected chi connectivity index (χ3v) is 5.47. The van der Waals surface area contributed by atoms with Crippen LogP contribution in [0.3, 0.4) is 0 Å². The fourth-order valence-electron chi connectivity index (χ4n) is 3.73. The second-order valence-corrected chi connectivity index (χ2v) is 7.88. The number of nitrogens with one attached hydrogen (secondary N) is 2. The van der Waals surface area contributed by atoms with Gasteiger partial charge in [-0.05, 0) is 50.5 Å². The van der Waals surface area contributed by atoms with Crippen molar-refractivity contribution in [2.75, 3.05) is 0 Å². The Bertz CT molecular complexity index is 966. The van der Waals surface area contributed by atoms with Crippen molar-refractivity contribution in [2.24, 2.45) is 5.92 Å². The predicted octanol–water partition coefficient (Wildman–Crippen LogP) is 2.54. The molecule has 0 spiro atoms. The molecule has 0 saturated heterocycles. The van der Waals surface area contributed by atoms with Crippen molar-refractivity contribution in [3.05, 3.63) is 38.2 Å². The van der Waals surface area contributed by atoms with Gasteiger partial charge in [0.05, 0.1) is 10.9 Å². The molecule has 2 aromatic heterocycles. The lowest BCUT2D eigenvalue weighted by atomic mass is 9.87. The molecule has 7 nitrogen and oxygen atoms in total. The van der Waals surface area contributed by atoms with Gasteiger partial charge in [-0.3, -0.25) is 19.1 Å². The summed E-state index contributed by atoms with van der Waals surface area (Å²) in [5, 5.41) is 3.27. The van der Waals surface area contributed by atoms with E-state index in [-0.39, 0.29) is 28.9 Å². The first-order valence-corrected chi connectivity index (χ1v) is 9.80. The molecule has 0 unspecified atom stereocenters. The van der Waals surface area contributed by atoms with Crippen LogP contribution in [0.2, 0.25) is 0 Å². The number of aromatic nitrogens is 3. The molecule has 3 rings (SSSR count). The van der Waals surface area contributed by atoms with E-state index in [9.17, 15) is 14.4 Å². The van der Waals surface area contributed by atoms with E-state index < -0.39 is 11.2 Å². The number of carbonyl (C=O) groups excluding carboxylic acids is 1. The van der Waals surface area contributed by atoms with E-state index in [1.165, 1.54) is 4.57 Å². The van der Waals surface area contributed by atoms with Crippen LogP contribution in [-0.2, 0) is 6.54 Å². The van der Waals surface area contributed by atoms with Crippen LogP contribution in [0, 0.1) is 5.92 Å². The highest BCUT2D eigenvalue weighted by atomic mass is 16.2. The minimum absolute atomic E-state index is 0.0659. The van der Waals surface area contributed by atoms with Gasteiger partial charge in [-0.15, -0.1) is 0 Å². The number of hydrogen-bond donors (Lipinski definition) is 2. The molecule has 1 aliphatic carbocycles. The van der Waals surface area contributed by atoms with Crippen LogP contribution in [0.1, 0.15) is 75.3 Å². The molecule has 7 heteroatoms. The second-order valence-electron chi connectivity index (χ2n) is 7.88. The lowest BCUT2D eigenvalue weighted by molar-refractivity contribution is 0.0924. The summed E-state index contributed by atoms with van der Waals surface area (Å²) in [4.78, 5) is 44.6. The van der Waals surface area contributed by atoms with E-state index in [4.69, 9.17) is 0 Å². The molecule has 0 bridgehead atoms. The first-order chi connectivity index (χ1) is 12.8. The van der Waals surface area contributed by atoms with Crippen LogP contribution < -0.4 is 16.6 Å². The van der Waals surface area contributed by atoms with Crippen LogP contribution in [0.4, 0.5) is 0 Å². The van der Waals surface area contributed by atoms with Gasteiger partial charge in [0.25, 0.3) is 11.5 Å². The Morgan fingerprint density at radius 1 is 1.30 bits per heavy atom. The molecule has 0 aromatic carbocycles.